The summed E-state index contributed by atoms with van der Waals surface area (Å²) < 4.78 is 23.8. The summed E-state index contributed by atoms with van der Waals surface area (Å²) in [6.45, 7) is 5.83. The summed E-state index contributed by atoms with van der Waals surface area (Å²) in [4.78, 5) is 27.9. The van der Waals surface area contributed by atoms with Crippen LogP contribution in [0.15, 0.2) is 47.4 Å². The van der Waals surface area contributed by atoms with Gasteiger partial charge in [-0.2, -0.15) is 0 Å². The number of aryl methyl sites for hydroxylation is 1. The van der Waals surface area contributed by atoms with E-state index in [1.165, 1.54) is 17.0 Å². The molecule has 3 rings (SSSR count). The van der Waals surface area contributed by atoms with Crippen LogP contribution < -0.4 is 10.2 Å². The average molecular weight is 401 g/mol. The molecule has 1 N–H and O–H groups in total. The topological polar surface area (TPSA) is 83.6 Å². The normalized spacial score (nSPS) is 16.7. The van der Waals surface area contributed by atoms with Gasteiger partial charge in [-0.05, 0) is 49.1 Å². The Hall–Kier alpha value is -2.67. The number of fused-ring (bicyclic) bond motifs is 1. The summed E-state index contributed by atoms with van der Waals surface area (Å²) in [6, 6.07) is 11.0. The van der Waals surface area contributed by atoms with Crippen molar-refractivity contribution in [2.75, 3.05) is 16.5 Å². The van der Waals surface area contributed by atoms with Crippen molar-refractivity contribution < 1.29 is 18.0 Å². The minimum absolute atomic E-state index is 0.0946. The summed E-state index contributed by atoms with van der Waals surface area (Å²) in [6.07, 6.45) is 1.61. The first-order valence-electron chi connectivity index (χ1n) is 9.13. The minimum atomic E-state index is -3.44. The third kappa shape index (κ3) is 3.80. The van der Waals surface area contributed by atoms with Gasteiger partial charge in [0.1, 0.15) is 6.04 Å². The SMILES string of the molecule is Cc1ccccc1C(=O)N1c2ccc(S(C)(=O)=O)cc2NC(=O)[C@@H]1CC(C)C. The van der Waals surface area contributed by atoms with Gasteiger partial charge in [0.15, 0.2) is 9.84 Å². The Labute approximate surface area is 165 Å². The molecule has 28 heavy (non-hydrogen) atoms. The molecule has 0 saturated carbocycles. The largest absolute Gasteiger partial charge is 0.322 e. The van der Waals surface area contributed by atoms with Gasteiger partial charge in [-0.15, -0.1) is 0 Å². The highest BCUT2D eigenvalue weighted by Gasteiger charge is 2.38. The molecular weight excluding hydrogens is 376 g/mol. The lowest BCUT2D eigenvalue weighted by molar-refractivity contribution is -0.117. The van der Waals surface area contributed by atoms with E-state index in [2.05, 4.69) is 5.32 Å². The van der Waals surface area contributed by atoms with E-state index in [0.29, 0.717) is 23.4 Å². The lowest BCUT2D eigenvalue weighted by Gasteiger charge is -2.37. The van der Waals surface area contributed by atoms with Gasteiger partial charge in [0.2, 0.25) is 5.91 Å². The molecule has 2 aromatic carbocycles. The number of carbonyl (C=O) groups excluding carboxylic acids is 2. The minimum Gasteiger partial charge on any atom is -0.322 e. The van der Waals surface area contributed by atoms with E-state index >= 15 is 0 Å². The number of carbonyl (C=O) groups is 2. The van der Waals surface area contributed by atoms with E-state index in [9.17, 15) is 18.0 Å². The Morgan fingerprint density at radius 2 is 1.86 bits per heavy atom. The number of rotatable bonds is 4. The number of nitrogens with zero attached hydrogens (tertiary/aromatic N) is 1. The highest BCUT2D eigenvalue weighted by atomic mass is 32.2. The molecule has 0 saturated heterocycles. The van der Waals surface area contributed by atoms with Gasteiger partial charge >= 0.3 is 0 Å². The van der Waals surface area contributed by atoms with Gasteiger partial charge in [0.25, 0.3) is 5.91 Å². The van der Waals surface area contributed by atoms with Crippen LogP contribution in [-0.2, 0) is 14.6 Å². The number of benzene rings is 2. The Morgan fingerprint density at radius 1 is 1.18 bits per heavy atom. The molecule has 2 amide bonds. The first-order valence-corrected chi connectivity index (χ1v) is 11.0. The number of hydrogen-bond acceptors (Lipinski definition) is 4. The second-order valence-electron chi connectivity index (χ2n) is 7.58. The summed E-state index contributed by atoms with van der Waals surface area (Å²) in [5.41, 5.74) is 2.17. The lowest BCUT2D eigenvalue weighted by atomic mass is 9.96. The number of anilines is 2. The first-order chi connectivity index (χ1) is 13.1. The molecule has 1 atom stereocenters. The summed E-state index contributed by atoms with van der Waals surface area (Å²) >= 11 is 0. The van der Waals surface area contributed by atoms with Gasteiger partial charge in [-0.1, -0.05) is 32.0 Å². The van der Waals surface area contributed by atoms with Crippen molar-refractivity contribution in [2.24, 2.45) is 5.92 Å². The number of amides is 2. The highest BCUT2D eigenvalue weighted by molar-refractivity contribution is 7.90. The van der Waals surface area contributed by atoms with Gasteiger partial charge < -0.3 is 5.32 Å². The van der Waals surface area contributed by atoms with Gasteiger partial charge in [0, 0.05) is 11.8 Å². The zero-order valence-electron chi connectivity index (χ0n) is 16.4. The van der Waals surface area contributed by atoms with Crippen LogP contribution in [0.5, 0.6) is 0 Å². The second kappa shape index (κ2) is 7.39. The summed E-state index contributed by atoms with van der Waals surface area (Å²) in [5.74, 6) is -0.388. The summed E-state index contributed by atoms with van der Waals surface area (Å²) in [7, 11) is -3.44. The fourth-order valence-electron chi connectivity index (χ4n) is 3.41. The predicted octanol–water partition coefficient (Wildman–Crippen LogP) is 3.41. The molecule has 0 spiro atoms. The molecule has 6 nitrogen and oxygen atoms in total. The smallest absolute Gasteiger partial charge is 0.259 e. The average Bonchev–Trinajstić information content (AvgIpc) is 2.60. The number of hydrogen-bond donors (Lipinski definition) is 1. The summed E-state index contributed by atoms with van der Waals surface area (Å²) in [5, 5.41) is 2.78. The molecule has 1 heterocycles. The van der Waals surface area contributed by atoms with Crippen LogP contribution in [0.25, 0.3) is 0 Å². The van der Waals surface area contributed by atoms with Crippen LogP contribution in [-0.4, -0.2) is 32.5 Å². The van der Waals surface area contributed by atoms with Crippen LogP contribution in [0.3, 0.4) is 0 Å². The molecule has 0 radical (unpaired) electrons. The molecule has 7 heteroatoms. The van der Waals surface area contributed by atoms with Crippen molar-refractivity contribution in [1.82, 2.24) is 0 Å². The molecule has 0 unspecified atom stereocenters. The van der Waals surface area contributed by atoms with Crippen molar-refractivity contribution in [3.63, 3.8) is 0 Å². The Balaban J connectivity index is 2.16. The Bertz CT molecular complexity index is 1040. The van der Waals surface area contributed by atoms with Crippen molar-refractivity contribution >= 4 is 33.0 Å². The molecule has 1 aliphatic rings. The van der Waals surface area contributed by atoms with Gasteiger partial charge in [-0.3, -0.25) is 14.5 Å². The van der Waals surface area contributed by atoms with Crippen molar-refractivity contribution in [3.8, 4) is 0 Å². The maximum atomic E-state index is 13.4. The second-order valence-corrected chi connectivity index (χ2v) is 9.59. The zero-order chi connectivity index (χ0) is 20.6. The van der Waals surface area contributed by atoms with Crippen molar-refractivity contribution in [3.05, 3.63) is 53.6 Å². The van der Waals surface area contributed by atoms with Crippen LogP contribution in [0.1, 0.15) is 36.2 Å². The van der Waals surface area contributed by atoms with Gasteiger partial charge in [-0.25, -0.2) is 8.42 Å². The zero-order valence-corrected chi connectivity index (χ0v) is 17.2. The highest BCUT2D eigenvalue weighted by Crippen LogP contribution is 2.37. The van der Waals surface area contributed by atoms with E-state index in [1.807, 2.05) is 32.9 Å². The number of nitrogens with one attached hydrogen (secondary N) is 1. The molecule has 2 aromatic rings. The van der Waals surface area contributed by atoms with E-state index in [-0.39, 0.29) is 22.6 Å². The maximum absolute atomic E-state index is 13.4. The quantitative estimate of drug-likeness (QED) is 0.852. The Morgan fingerprint density at radius 3 is 2.46 bits per heavy atom. The Kier molecular flexibility index (Phi) is 5.30. The van der Waals surface area contributed by atoms with E-state index < -0.39 is 15.9 Å². The molecular formula is C21H24N2O4S. The standard InChI is InChI=1S/C21H24N2O4S/c1-13(2)11-19-20(24)22-17-12-15(28(4,26)27)9-10-18(17)23(19)21(25)16-8-6-5-7-14(16)3/h5-10,12-13,19H,11H2,1-4H3,(H,22,24)/t19-/m0/s1. The van der Waals surface area contributed by atoms with Crippen LogP contribution in [0, 0.1) is 12.8 Å². The molecule has 148 valence electrons. The third-order valence-corrected chi connectivity index (χ3v) is 5.93. The molecule has 0 aromatic heterocycles. The van der Waals surface area contributed by atoms with E-state index in [4.69, 9.17) is 0 Å². The molecule has 0 aliphatic carbocycles. The maximum Gasteiger partial charge on any atom is 0.259 e. The predicted molar refractivity (Wildman–Crippen MR) is 109 cm³/mol. The van der Waals surface area contributed by atoms with E-state index in [0.717, 1.165) is 11.8 Å². The first kappa shape index (κ1) is 20.1. The third-order valence-electron chi connectivity index (χ3n) is 4.82. The van der Waals surface area contributed by atoms with Crippen molar-refractivity contribution in [2.45, 2.75) is 38.1 Å². The van der Waals surface area contributed by atoms with Crippen LogP contribution in [0.4, 0.5) is 11.4 Å². The van der Waals surface area contributed by atoms with Crippen LogP contribution in [0.2, 0.25) is 0 Å². The fraction of sp³-hybridized carbons (Fsp3) is 0.333. The van der Waals surface area contributed by atoms with E-state index in [1.54, 1.807) is 18.2 Å². The van der Waals surface area contributed by atoms with Crippen LogP contribution >= 0.6 is 0 Å². The molecule has 0 fully saturated rings. The van der Waals surface area contributed by atoms with Crippen molar-refractivity contribution in [1.29, 1.82) is 0 Å². The number of sulfone groups is 1. The molecule has 0 bridgehead atoms. The molecule has 1 aliphatic heterocycles. The lowest BCUT2D eigenvalue weighted by Crippen LogP contribution is -2.51. The monoisotopic (exact) mass is 400 g/mol. The van der Waals surface area contributed by atoms with Gasteiger partial charge in [0.05, 0.1) is 16.3 Å². The fourth-order valence-corrected chi connectivity index (χ4v) is 4.06.